The van der Waals surface area contributed by atoms with E-state index in [4.69, 9.17) is 0 Å². The molecule has 0 saturated heterocycles. The summed E-state index contributed by atoms with van der Waals surface area (Å²) in [6, 6.07) is 44.2. The van der Waals surface area contributed by atoms with Crippen LogP contribution in [0.15, 0.2) is 121 Å². The fourth-order valence-corrected chi connectivity index (χ4v) is 7.41. The van der Waals surface area contributed by atoms with Crippen LogP contribution in [0.4, 0.5) is 0 Å². The topological polar surface area (TPSA) is 0 Å². The molecule has 6 aromatic carbocycles. The summed E-state index contributed by atoms with van der Waals surface area (Å²) in [6.07, 6.45) is 0. The minimum absolute atomic E-state index is 0. The van der Waals surface area contributed by atoms with Crippen LogP contribution in [0.25, 0.3) is 43.8 Å². The van der Waals surface area contributed by atoms with E-state index in [1.54, 1.807) is 10.4 Å². The number of hydrogen-bond acceptors (Lipinski definition) is 0. The van der Waals surface area contributed by atoms with E-state index in [1.165, 1.54) is 67.1 Å². The van der Waals surface area contributed by atoms with Crippen LogP contribution in [0.1, 0.15) is 0 Å². The van der Waals surface area contributed by atoms with Gasteiger partial charge in [-0.25, -0.2) is 0 Å². The molecule has 0 N–H and O–H groups in total. The molecule has 2 radical (unpaired) electrons. The molecule has 0 spiro atoms. The number of benzene rings is 4. The van der Waals surface area contributed by atoms with E-state index in [1.807, 2.05) is 0 Å². The Bertz CT molecular complexity index is 1570. The first-order valence-electron chi connectivity index (χ1n) is 13.9. The minimum atomic E-state index is -1.24. The molecule has 0 fully saturated rings. The van der Waals surface area contributed by atoms with Crippen molar-refractivity contribution in [2.45, 2.75) is 39.3 Å². The number of halogens is 2. The van der Waals surface area contributed by atoms with Gasteiger partial charge in [0.25, 0.3) is 0 Å². The van der Waals surface area contributed by atoms with Gasteiger partial charge in [-0.05, 0) is 11.1 Å². The van der Waals surface area contributed by atoms with Gasteiger partial charge in [-0.2, -0.15) is 12.1 Å². The molecular formula is C38H46Cl2Si3Zr-4. The summed E-state index contributed by atoms with van der Waals surface area (Å²) in [5, 5.41) is 8.63. The van der Waals surface area contributed by atoms with Gasteiger partial charge in [0.1, 0.15) is 0 Å². The van der Waals surface area contributed by atoms with Crippen molar-refractivity contribution in [2.75, 3.05) is 0 Å². The van der Waals surface area contributed by atoms with Crippen LogP contribution in [0, 0.1) is 14.9 Å². The molecule has 0 bridgehead atoms. The van der Waals surface area contributed by atoms with Crippen LogP contribution >= 0.6 is 24.8 Å². The molecule has 0 aromatic heterocycles. The second-order valence-electron chi connectivity index (χ2n) is 12.3. The fraction of sp³-hybridized carbons (Fsp3) is 0.158. The van der Waals surface area contributed by atoms with E-state index >= 15 is 0 Å². The molecule has 0 atom stereocenters. The molecule has 0 unspecified atom stereocenters. The number of hydrogen-bond donors (Lipinski definition) is 0. The molecular weight excluding hydrogens is 703 g/mol. The van der Waals surface area contributed by atoms with Crippen LogP contribution in [-0.2, 0) is 23.3 Å². The first kappa shape index (κ1) is 42.2. The zero-order valence-corrected chi connectivity index (χ0v) is 34.5. The van der Waals surface area contributed by atoms with E-state index in [0.717, 1.165) is 0 Å². The van der Waals surface area contributed by atoms with Gasteiger partial charge in [-0.3, -0.25) is 0 Å². The van der Waals surface area contributed by atoms with E-state index in [2.05, 4.69) is 167 Å². The normalized spacial score (nSPS) is 10.4. The van der Waals surface area contributed by atoms with Gasteiger partial charge < -0.3 is 14.9 Å². The average molecular weight is 749 g/mol. The van der Waals surface area contributed by atoms with Gasteiger partial charge >= 0.3 is 30.2 Å². The SMILES string of the molecule is C[Si](C)(C)c1cc2c(-c3ccccc3)cccc2[cH-]1.C[Si](C)(C)c1cc2c(-c3ccccc3)cccc2[cH-]1.Cl.Cl.[CH3-].[CH3-].[Si]=[Zr]. The van der Waals surface area contributed by atoms with Crippen molar-refractivity contribution >= 4 is 79.8 Å². The summed E-state index contributed by atoms with van der Waals surface area (Å²) in [6.45, 7) is 17.5. The summed E-state index contributed by atoms with van der Waals surface area (Å²) < 4.78 is 0. The van der Waals surface area contributed by atoms with E-state index in [9.17, 15) is 0 Å². The van der Waals surface area contributed by atoms with Crippen molar-refractivity contribution in [3.8, 4) is 22.3 Å². The Morgan fingerprint density at radius 2 is 0.795 bits per heavy atom. The predicted molar refractivity (Wildman–Crippen MR) is 209 cm³/mol. The molecule has 44 heavy (non-hydrogen) atoms. The first-order valence-corrected chi connectivity index (χ1v) is 25.1. The zero-order chi connectivity index (χ0) is 28.9. The Kier molecular flexibility index (Phi) is 17.6. The van der Waals surface area contributed by atoms with Crippen LogP contribution in [0.3, 0.4) is 0 Å². The summed E-state index contributed by atoms with van der Waals surface area (Å²) in [5.41, 5.74) is 5.31. The fourth-order valence-electron chi connectivity index (χ4n) is 5.07. The van der Waals surface area contributed by atoms with E-state index in [-0.39, 0.29) is 39.7 Å². The standard InChI is InChI=1S/2C18H19Si.2CH3.2ClH.Si.Zr/c2*1-19(2,3)16-12-15-10-7-11-17(18(15)13-16)14-8-5-4-6-9-14;;;;;;/h2*4-13H,1-3H3;2*1H3;2*1H;;/q4*-1;;;;. The van der Waals surface area contributed by atoms with E-state index < -0.39 is 16.1 Å². The van der Waals surface area contributed by atoms with Gasteiger partial charge in [0.15, 0.2) is 0 Å². The monoisotopic (exact) mass is 746 g/mol. The molecule has 6 heteroatoms. The molecule has 6 aromatic rings. The second-order valence-corrected chi connectivity index (χ2v) is 22.5. The van der Waals surface area contributed by atoms with Crippen molar-refractivity contribution in [3.05, 3.63) is 136 Å². The van der Waals surface area contributed by atoms with Crippen LogP contribution < -0.4 is 10.4 Å². The van der Waals surface area contributed by atoms with Crippen LogP contribution in [-0.4, -0.2) is 23.0 Å². The molecule has 0 aliphatic carbocycles. The Labute approximate surface area is 298 Å². The van der Waals surface area contributed by atoms with Gasteiger partial charge in [0, 0.05) is 0 Å². The Morgan fingerprint density at radius 3 is 1.09 bits per heavy atom. The summed E-state index contributed by atoms with van der Waals surface area (Å²) in [5.74, 6) is 0. The first-order chi connectivity index (χ1) is 19.1. The summed E-state index contributed by atoms with van der Waals surface area (Å²) >= 11 is 1.36. The Hall–Kier alpha value is -1.79. The van der Waals surface area contributed by atoms with Gasteiger partial charge in [0.2, 0.25) is 0 Å². The average Bonchev–Trinajstić information content (AvgIpc) is 3.61. The molecule has 0 heterocycles. The molecule has 6 rings (SSSR count). The molecule has 0 aliphatic heterocycles. The summed E-state index contributed by atoms with van der Waals surface area (Å²) in [4.78, 5) is 0. The van der Waals surface area contributed by atoms with Gasteiger partial charge in [-0.15, -0.1) is 93.1 Å². The molecule has 232 valence electrons. The number of rotatable bonds is 4. The Morgan fingerprint density at radius 1 is 0.477 bits per heavy atom. The third-order valence-corrected chi connectivity index (χ3v) is 11.4. The van der Waals surface area contributed by atoms with Crippen molar-refractivity contribution in [1.29, 1.82) is 0 Å². The molecule has 0 amide bonds. The number of fused-ring (bicyclic) bond motifs is 2. The van der Waals surface area contributed by atoms with Gasteiger partial charge in [-0.1, -0.05) is 123 Å². The van der Waals surface area contributed by atoms with Crippen molar-refractivity contribution in [2.24, 2.45) is 0 Å². The molecule has 0 aliphatic rings. The quantitative estimate of drug-likeness (QED) is 0.124. The summed E-state index contributed by atoms with van der Waals surface area (Å²) in [7, 11) is -2.48. The van der Waals surface area contributed by atoms with Crippen molar-refractivity contribution in [3.63, 3.8) is 0 Å². The second kappa shape index (κ2) is 18.4. The predicted octanol–water partition coefficient (Wildman–Crippen LogP) is 10.9. The zero-order valence-electron chi connectivity index (χ0n) is 27.4. The Balaban J connectivity index is 0.000000733. The van der Waals surface area contributed by atoms with Gasteiger partial charge in [0.05, 0.1) is 16.1 Å². The van der Waals surface area contributed by atoms with Crippen LogP contribution in [0.5, 0.6) is 0 Å². The third-order valence-electron chi connectivity index (χ3n) is 7.40. The van der Waals surface area contributed by atoms with Crippen molar-refractivity contribution < 1.29 is 23.3 Å². The molecule has 0 saturated carbocycles. The maximum atomic E-state index is 3.06. The van der Waals surface area contributed by atoms with E-state index in [0.29, 0.717) is 0 Å². The van der Waals surface area contributed by atoms with Crippen molar-refractivity contribution in [1.82, 2.24) is 0 Å². The molecule has 0 nitrogen and oxygen atoms in total. The van der Waals surface area contributed by atoms with Crippen LogP contribution in [0.2, 0.25) is 39.3 Å². The third kappa shape index (κ3) is 10.1. The maximum absolute atomic E-state index is 3.06.